The smallest absolute Gasteiger partial charge is 0.351 e. The maximum atomic E-state index is 12.7. The molecule has 2 aromatic heterocycles. The van der Waals surface area contributed by atoms with E-state index in [9.17, 15) is 22.8 Å². The van der Waals surface area contributed by atoms with Crippen LogP contribution in [0.15, 0.2) is 29.2 Å². The third-order valence-corrected chi connectivity index (χ3v) is 3.59. The number of hydrogen-bond donors (Lipinski definition) is 1. The first-order valence-electron chi connectivity index (χ1n) is 6.95. The van der Waals surface area contributed by atoms with Crippen LogP contribution < -0.4 is 10.9 Å². The van der Waals surface area contributed by atoms with Crippen LogP contribution in [0.1, 0.15) is 22.6 Å². The van der Waals surface area contributed by atoms with E-state index in [1.54, 1.807) is 18.3 Å². The number of nitrogens with one attached hydrogen (secondary N) is 1. The van der Waals surface area contributed by atoms with Crippen molar-refractivity contribution in [2.45, 2.75) is 19.1 Å². The van der Waals surface area contributed by atoms with Crippen molar-refractivity contribution in [1.82, 2.24) is 19.7 Å². The molecule has 130 valence electrons. The van der Waals surface area contributed by atoms with Crippen LogP contribution in [0.3, 0.4) is 0 Å². The third-order valence-electron chi connectivity index (χ3n) is 3.23. The lowest BCUT2D eigenvalue weighted by Crippen LogP contribution is -2.28. The van der Waals surface area contributed by atoms with Gasteiger partial charge in [-0.1, -0.05) is 17.7 Å². The largest absolute Gasteiger partial charge is 0.436 e. The fourth-order valence-electron chi connectivity index (χ4n) is 2.11. The van der Waals surface area contributed by atoms with Gasteiger partial charge in [-0.25, -0.2) is 0 Å². The van der Waals surface area contributed by atoms with Crippen LogP contribution in [0.4, 0.5) is 13.2 Å². The van der Waals surface area contributed by atoms with Crippen molar-refractivity contribution in [3.05, 3.63) is 51.2 Å². The Morgan fingerprint density at radius 2 is 2.08 bits per heavy atom. The lowest BCUT2D eigenvalue weighted by Gasteiger charge is -2.07. The first-order valence-corrected chi connectivity index (χ1v) is 7.33. The van der Waals surface area contributed by atoms with Crippen molar-refractivity contribution in [3.63, 3.8) is 0 Å². The normalized spacial score (nSPS) is 11.5. The molecule has 0 radical (unpaired) electrons. The molecule has 6 nitrogen and oxygen atoms in total. The monoisotopic (exact) mass is 362 g/mol. The summed E-state index contributed by atoms with van der Waals surface area (Å²) < 4.78 is 40.4. The molecule has 0 bridgehead atoms. The number of carbonyl (C=O) groups is 1. The van der Waals surface area contributed by atoms with Crippen molar-refractivity contribution in [3.8, 4) is 0 Å². The van der Waals surface area contributed by atoms with E-state index < -0.39 is 22.8 Å². The summed E-state index contributed by atoms with van der Waals surface area (Å²) >= 11 is 5.63. The molecule has 24 heavy (non-hydrogen) atoms. The molecule has 10 heteroatoms. The highest BCUT2D eigenvalue weighted by atomic mass is 35.5. The van der Waals surface area contributed by atoms with E-state index in [-0.39, 0.29) is 17.8 Å². The van der Waals surface area contributed by atoms with Gasteiger partial charge in [0, 0.05) is 32.4 Å². The van der Waals surface area contributed by atoms with Gasteiger partial charge in [-0.15, -0.1) is 0 Å². The fraction of sp³-hybridized carbons (Fsp3) is 0.357. The highest BCUT2D eigenvalue weighted by molar-refractivity contribution is 6.34. The Morgan fingerprint density at radius 1 is 1.38 bits per heavy atom. The predicted octanol–water partition coefficient (Wildman–Crippen LogP) is 2.07. The van der Waals surface area contributed by atoms with Crippen LogP contribution in [-0.4, -0.2) is 26.8 Å². The van der Waals surface area contributed by atoms with Gasteiger partial charge in [0.1, 0.15) is 10.7 Å². The summed E-state index contributed by atoms with van der Waals surface area (Å²) in [6.07, 6.45) is -2.70. The molecule has 0 aliphatic carbocycles. The number of rotatable bonds is 5. The summed E-state index contributed by atoms with van der Waals surface area (Å²) in [4.78, 5) is 23.5. The standard InChI is InChI=1S/C14H14ClF3N4O2/c1-21-11(10(15)12(20-21)14(16,17)18)13(24)19-6-4-8-22-7-3-2-5-9(22)23/h2-3,5,7H,4,6,8H2,1H3,(H,19,24). The average Bonchev–Trinajstić information content (AvgIpc) is 2.80. The Bertz CT molecular complexity index is 798. The third kappa shape index (κ3) is 3.97. The Hall–Kier alpha value is -2.29. The second-order valence-electron chi connectivity index (χ2n) is 4.97. The molecule has 2 heterocycles. The Morgan fingerprint density at radius 3 is 2.67 bits per heavy atom. The zero-order chi connectivity index (χ0) is 17.9. The van der Waals surface area contributed by atoms with Crippen LogP contribution in [0.2, 0.25) is 5.02 Å². The zero-order valence-electron chi connectivity index (χ0n) is 12.6. The highest BCUT2D eigenvalue weighted by Crippen LogP contribution is 2.35. The number of nitrogens with zero attached hydrogens (tertiary/aromatic N) is 3. The second-order valence-corrected chi connectivity index (χ2v) is 5.35. The van der Waals surface area contributed by atoms with E-state index in [0.29, 0.717) is 13.0 Å². The average molecular weight is 363 g/mol. The minimum Gasteiger partial charge on any atom is -0.351 e. The minimum atomic E-state index is -4.73. The van der Waals surface area contributed by atoms with Gasteiger partial charge in [0.15, 0.2) is 5.69 Å². The lowest BCUT2D eigenvalue weighted by molar-refractivity contribution is -0.141. The van der Waals surface area contributed by atoms with Crippen LogP contribution in [0.5, 0.6) is 0 Å². The maximum Gasteiger partial charge on any atom is 0.436 e. The summed E-state index contributed by atoms with van der Waals surface area (Å²) in [5.74, 6) is -0.758. The number of carbonyl (C=O) groups excluding carboxylic acids is 1. The second kappa shape index (κ2) is 7.08. The van der Waals surface area contributed by atoms with Crippen molar-refractivity contribution >= 4 is 17.5 Å². The van der Waals surface area contributed by atoms with Gasteiger partial charge < -0.3 is 9.88 Å². The topological polar surface area (TPSA) is 68.9 Å². The van der Waals surface area contributed by atoms with Gasteiger partial charge >= 0.3 is 6.18 Å². The van der Waals surface area contributed by atoms with Crippen molar-refractivity contribution in [2.75, 3.05) is 6.54 Å². The van der Waals surface area contributed by atoms with E-state index >= 15 is 0 Å². The lowest BCUT2D eigenvalue weighted by atomic mass is 10.3. The van der Waals surface area contributed by atoms with Crippen molar-refractivity contribution in [2.24, 2.45) is 7.05 Å². The molecule has 0 fully saturated rings. The molecular formula is C14H14ClF3N4O2. The molecule has 2 aromatic rings. The number of aromatic nitrogens is 3. The summed E-state index contributed by atoms with van der Waals surface area (Å²) in [5, 5.41) is 4.98. The van der Waals surface area contributed by atoms with Crippen LogP contribution in [0, 0.1) is 0 Å². The molecule has 0 saturated heterocycles. The minimum absolute atomic E-state index is 0.170. The van der Waals surface area contributed by atoms with Gasteiger partial charge in [-0.3, -0.25) is 14.3 Å². The van der Waals surface area contributed by atoms with E-state index in [2.05, 4.69) is 10.4 Å². The summed E-state index contributed by atoms with van der Waals surface area (Å²) in [6, 6.07) is 4.73. The quantitative estimate of drug-likeness (QED) is 0.828. The molecule has 0 aliphatic heterocycles. The van der Waals surface area contributed by atoms with Gasteiger partial charge in [-0.05, 0) is 12.5 Å². The van der Waals surface area contributed by atoms with Gasteiger partial charge in [0.25, 0.3) is 5.91 Å². The molecule has 0 aliphatic rings. The Kier molecular flexibility index (Phi) is 5.33. The van der Waals surface area contributed by atoms with Gasteiger partial charge in [-0.2, -0.15) is 18.3 Å². The predicted molar refractivity (Wildman–Crippen MR) is 80.9 cm³/mol. The number of halogens is 4. The molecule has 1 N–H and O–H groups in total. The fourth-order valence-corrected chi connectivity index (χ4v) is 2.46. The van der Waals surface area contributed by atoms with E-state index in [1.807, 2.05) is 0 Å². The molecule has 0 aromatic carbocycles. The van der Waals surface area contributed by atoms with Crippen molar-refractivity contribution in [1.29, 1.82) is 0 Å². The first kappa shape index (κ1) is 18.1. The Balaban J connectivity index is 1.97. The van der Waals surface area contributed by atoms with Crippen LogP contribution in [-0.2, 0) is 19.8 Å². The summed E-state index contributed by atoms with van der Waals surface area (Å²) in [5.41, 5.74) is -1.83. The number of amides is 1. The molecule has 0 spiro atoms. The van der Waals surface area contributed by atoms with Gasteiger partial charge in [0.05, 0.1) is 0 Å². The Labute approximate surface area is 139 Å². The number of alkyl halides is 3. The van der Waals surface area contributed by atoms with E-state index in [0.717, 1.165) is 4.68 Å². The molecule has 0 saturated carbocycles. The molecular weight excluding hydrogens is 349 g/mol. The summed E-state index contributed by atoms with van der Waals surface area (Å²) in [6.45, 7) is 0.538. The summed E-state index contributed by atoms with van der Waals surface area (Å²) in [7, 11) is 1.21. The number of hydrogen-bond acceptors (Lipinski definition) is 3. The van der Waals surface area contributed by atoms with Crippen molar-refractivity contribution < 1.29 is 18.0 Å². The van der Waals surface area contributed by atoms with E-state index in [4.69, 9.17) is 11.6 Å². The zero-order valence-corrected chi connectivity index (χ0v) is 13.4. The number of aryl methyl sites for hydroxylation is 2. The molecule has 0 atom stereocenters. The number of pyridine rings is 1. The molecule has 1 amide bonds. The van der Waals surface area contributed by atoms with Gasteiger partial charge in [0.2, 0.25) is 5.56 Å². The molecule has 0 unspecified atom stereocenters. The highest BCUT2D eigenvalue weighted by Gasteiger charge is 2.39. The van der Waals surface area contributed by atoms with Crippen LogP contribution in [0.25, 0.3) is 0 Å². The first-order chi connectivity index (χ1) is 11.2. The molecule has 2 rings (SSSR count). The van der Waals surface area contributed by atoms with E-state index in [1.165, 1.54) is 17.7 Å². The van der Waals surface area contributed by atoms with Crippen LogP contribution >= 0.6 is 11.6 Å². The SMILES string of the molecule is Cn1nc(C(F)(F)F)c(Cl)c1C(=O)NCCCn1ccccc1=O. The maximum absolute atomic E-state index is 12.7.